The Morgan fingerprint density at radius 3 is 2.46 bits per heavy atom. The molecule has 2 rings (SSSR count). The van der Waals surface area contributed by atoms with Crippen molar-refractivity contribution in [3.8, 4) is 0 Å². The first-order chi connectivity index (χ1) is 12.4. The number of rotatable bonds is 8. The van der Waals surface area contributed by atoms with E-state index in [1.54, 1.807) is 17.0 Å². The molecule has 1 saturated carbocycles. The number of urea groups is 1. The van der Waals surface area contributed by atoms with Crippen molar-refractivity contribution < 1.29 is 14.4 Å². The predicted octanol–water partition coefficient (Wildman–Crippen LogP) is 2.63. The molecule has 0 aliphatic heterocycles. The fourth-order valence-corrected chi connectivity index (χ4v) is 2.79. The van der Waals surface area contributed by atoms with Crippen LogP contribution in [0.2, 0.25) is 10.0 Å². The zero-order valence-electron chi connectivity index (χ0n) is 14.5. The van der Waals surface area contributed by atoms with Gasteiger partial charge in [-0.05, 0) is 44.0 Å². The van der Waals surface area contributed by atoms with Crippen molar-refractivity contribution in [3.05, 3.63) is 28.2 Å². The average molecular weight is 401 g/mol. The van der Waals surface area contributed by atoms with Gasteiger partial charge in [0.1, 0.15) is 0 Å². The van der Waals surface area contributed by atoms with Crippen molar-refractivity contribution in [2.45, 2.75) is 32.2 Å². The maximum atomic E-state index is 12.2. The highest BCUT2D eigenvalue weighted by atomic mass is 35.5. The van der Waals surface area contributed by atoms with Crippen LogP contribution in [0, 0.1) is 0 Å². The number of nitrogens with one attached hydrogen (secondary N) is 3. The van der Waals surface area contributed by atoms with E-state index in [-0.39, 0.29) is 25.0 Å². The molecule has 142 valence electrons. The molecule has 0 heterocycles. The van der Waals surface area contributed by atoms with Gasteiger partial charge in [-0.3, -0.25) is 19.8 Å². The fraction of sp³-hybridized carbons (Fsp3) is 0.471. The van der Waals surface area contributed by atoms with Crippen molar-refractivity contribution in [3.63, 3.8) is 0 Å². The van der Waals surface area contributed by atoms with Crippen molar-refractivity contribution >= 4 is 46.7 Å². The summed E-state index contributed by atoms with van der Waals surface area (Å²) in [5, 5.41) is 8.46. The van der Waals surface area contributed by atoms with Crippen molar-refractivity contribution in [1.82, 2.24) is 15.5 Å². The smallest absolute Gasteiger partial charge is 0.321 e. The van der Waals surface area contributed by atoms with Crippen LogP contribution in [0.25, 0.3) is 0 Å². The number of carbonyl (C=O) groups is 3. The van der Waals surface area contributed by atoms with E-state index in [0.717, 1.165) is 19.3 Å². The van der Waals surface area contributed by atoms with Crippen molar-refractivity contribution in [1.29, 1.82) is 0 Å². The Morgan fingerprint density at radius 2 is 1.85 bits per heavy atom. The van der Waals surface area contributed by atoms with Gasteiger partial charge in [-0.2, -0.15) is 0 Å². The Morgan fingerprint density at radius 1 is 1.15 bits per heavy atom. The molecule has 0 radical (unpaired) electrons. The topological polar surface area (TPSA) is 90.5 Å². The lowest BCUT2D eigenvalue weighted by molar-refractivity contribution is -0.122. The molecule has 0 aromatic heterocycles. The number of anilines is 1. The van der Waals surface area contributed by atoms with Crippen LogP contribution >= 0.6 is 23.2 Å². The normalized spacial score (nSPS) is 13.4. The van der Waals surface area contributed by atoms with Gasteiger partial charge < -0.3 is 10.6 Å². The Balaban J connectivity index is 1.84. The number of imide groups is 1. The summed E-state index contributed by atoms with van der Waals surface area (Å²) in [7, 11) is 0. The highest BCUT2D eigenvalue weighted by Gasteiger charge is 2.24. The van der Waals surface area contributed by atoms with E-state index in [4.69, 9.17) is 23.2 Å². The number of hydrogen-bond acceptors (Lipinski definition) is 4. The van der Waals surface area contributed by atoms with Gasteiger partial charge in [-0.25, -0.2) is 4.79 Å². The van der Waals surface area contributed by atoms with Gasteiger partial charge in [0.25, 0.3) is 0 Å². The molecule has 9 heteroatoms. The molecule has 1 aromatic rings. The van der Waals surface area contributed by atoms with Crippen LogP contribution < -0.4 is 16.0 Å². The maximum Gasteiger partial charge on any atom is 0.321 e. The lowest BCUT2D eigenvalue weighted by Gasteiger charge is -2.20. The van der Waals surface area contributed by atoms with Gasteiger partial charge in [-0.1, -0.05) is 30.1 Å². The number of nitrogens with zero attached hydrogens (tertiary/aromatic N) is 1. The fourth-order valence-electron chi connectivity index (χ4n) is 2.33. The van der Waals surface area contributed by atoms with Gasteiger partial charge >= 0.3 is 6.03 Å². The minimum absolute atomic E-state index is 0.00442. The molecule has 1 aliphatic carbocycles. The Labute approximate surface area is 162 Å². The summed E-state index contributed by atoms with van der Waals surface area (Å²) in [5.74, 6) is -0.758. The van der Waals surface area contributed by atoms with Gasteiger partial charge in [-0.15, -0.1) is 0 Å². The second-order valence-corrected chi connectivity index (χ2v) is 7.02. The van der Waals surface area contributed by atoms with Crippen LogP contribution in [0.3, 0.4) is 0 Å². The molecule has 0 bridgehead atoms. The minimum atomic E-state index is -0.494. The average Bonchev–Trinajstić information content (AvgIpc) is 3.33. The molecule has 0 spiro atoms. The van der Waals surface area contributed by atoms with Crippen LogP contribution in [-0.4, -0.2) is 48.4 Å². The zero-order chi connectivity index (χ0) is 19.1. The molecule has 0 unspecified atom stereocenters. The lowest BCUT2D eigenvalue weighted by atomic mass is 10.3. The Hall–Kier alpha value is -1.83. The predicted molar refractivity (Wildman–Crippen MR) is 102 cm³/mol. The van der Waals surface area contributed by atoms with Crippen molar-refractivity contribution in [2.75, 3.05) is 25.0 Å². The third-order valence-electron chi connectivity index (χ3n) is 3.65. The van der Waals surface area contributed by atoms with Crippen LogP contribution in [0.15, 0.2) is 18.2 Å². The summed E-state index contributed by atoms with van der Waals surface area (Å²) in [6, 6.07) is 4.45. The van der Waals surface area contributed by atoms with E-state index in [2.05, 4.69) is 16.0 Å². The maximum absolute atomic E-state index is 12.2. The number of benzene rings is 1. The second kappa shape index (κ2) is 9.75. The Kier molecular flexibility index (Phi) is 7.68. The second-order valence-electron chi connectivity index (χ2n) is 6.18. The van der Waals surface area contributed by atoms with Crippen LogP contribution in [0.4, 0.5) is 10.5 Å². The van der Waals surface area contributed by atoms with Gasteiger partial charge in [0.15, 0.2) is 0 Å². The summed E-state index contributed by atoms with van der Waals surface area (Å²) in [6.07, 6.45) is 2.64. The highest BCUT2D eigenvalue weighted by molar-refractivity contribution is 6.36. The molecule has 1 aromatic carbocycles. The molecule has 4 amide bonds. The van der Waals surface area contributed by atoms with E-state index in [1.807, 2.05) is 6.92 Å². The summed E-state index contributed by atoms with van der Waals surface area (Å²) in [4.78, 5) is 37.5. The molecule has 3 N–H and O–H groups in total. The van der Waals surface area contributed by atoms with Crippen LogP contribution in [-0.2, 0) is 9.59 Å². The first-order valence-corrected chi connectivity index (χ1v) is 9.20. The molecular weight excluding hydrogens is 379 g/mol. The quantitative estimate of drug-likeness (QED) is 0.625. The van der Waals surface area contributed by atoms with Crippen molar-refractivity contribution in [2.24, 2.45) is 0 Å². The third-order valence-corrected chi connectivity index (χ3v) is 4.19. The first-order valence-electron chi connectivity index (χ1n) is 8.45. The third kappa shape index (κ3) is 7.19. The van der Waals surface area contributed by atoms with Gasteiger partial charge in [0.05, 0.1) is 23.8 Å². The highest BCUT2D eigenvalue weighted by Crippen LogP contribution is 2.25. The zero-order valence-corrected chi connectivity index (χ0v) is 16.0. The largest absolute Gasteiger partial charge is 0.335 e. The molecule has 0 saturated heterocycles. The molecular formula is C17H22Cl2N4O3. The molecule has 26 heavy (non-hydrogen) atoms. The van der Waals surface area contributed by atoms with E-state index in [0.29, 0.717) is 22.3 Å². The van der Waals surface area contributed by atoms with E-state index in [1.165, 1.54) is 6.07 Å². The van der Waals surface area contributed by atoms with E-state index < -0.39 is 11.9 Å². The summed E-state index contributed by atoms with van der Waals surface area (Å²) < 4.78 is 0. The van der Waals surface area contributed by atoms with Crippen LogP contribution in [0.5, 0.6) is 0 Å². The number of carbonyl (C=O) groups excluding carboxylic acids is 3. The Bertz CT molecular complexity index is 680. The lowest BCUT2D eigenvalue weighted by Crippen LogP contribution is -2.46. The first kappa shape index (κ1) is 20.5. The summed E-state index contributed by atoms with van der Waals surface area (Å²) >= 11 is 11.9. The van der Waals surface area contributed by atoms with Gasteiger partial charge in [0.2, 0.25) is 11.8 Å². The molecule has 1 fully saturated rings. The van der Waals surface area contributed by atoms with E-state index >= 15 is 0 Å². The molecule has 7 nitrogen and oxygen atoms in total. The molecule has 1 aliphatic rings. The summed E-state index contributed by atoms with van der Waals surface area (Å²) in [6.45, 7) is 2.44. The minimum Gasteiger partial charge on any atom is -0.335 e. The van der Waals surface area contributed by atoms with E-state index in [9.17, 15) is 14.4 Å². The molecule has 0 atom stereocenters. The monoisotopic (exact) mass is 400 g/mol. The number of amides is 4. The van der Waals surface area contributed by atoms with Crippen LogP contribution in [0.1, 0.15) is 26.2 Å². The summed E-state index contributed by atoms with van der Waals surface area (Å²) in [5.41, 5.74) is 0.450. The van der Waals surface area contributed by atoms with Gasteiger partial charge in [0, 0.05) is 11.1 Å². The number of hydrogen-bond donors (Lipinski definition) is 3. The SMILES string of the molecule is CCCN(CC(=O)NC(=O)NC1CC1)CC(=O)Nc1ccc(Cl)cc1Cl. The standard InChI is InChI=1S/C17H22Cl2N4O3/c1-2-7-23(10-16(25)22-17(26)20-12-4-5-12)9-15(24)21-14-6-3-11(18)8-13(14)19/h3,6,8,12H,2,4-5,7,9-10H2,1H3,(H,21,24)(H2,20,22,25,26). The number of halogens is 2.